The van der Waals surface area contributed by atoms with Crippen LogP contribution in [0.2, 0.25) is 0 Å². The average molecular weight is 342 g/mol. The summed E-state index contributed by atoms with van der Waals surface area (Å²) in [5.74, 6) is 0.997. The summed E-state index contributed by atoms with van der Waals surface area (Å²) in [7, 11) is -3.21. The van der Waals surface area contributed by atoms with Crippen LogP contribution >= 0.6 is 0 Å². The second kappa shape index (κ2) is 6.57. The number of rotatable bonds is 5. The van der Waals surface area contributed by atoms with E-state index in [0.29, 0.717) is 23.7 Å². The zero-order chi connectivity index (χ0) is 17.2. The molecule has 0 aliphatic rings. The summed E-state index contributed by atoms with van der Waals surface area (Å²) in [6, 6.07) is 14.6. The van der Waals surface area contributed by atoms with Gasteiger partial charge in [-0.2, -0.15) is 4.98 Å². The van der Waals surface area contributed by atoms with Crippen molar-refractivity contribution in [1.82, 2.24) is 10.1 Å². The highest BCUT2D eigenvalue weighted by Crippen LogP contribution is 2.21. The van der Waals surface area contributed by atoms with Gasteiger partial charge in [-0.15, -0.1) is 0 Å². The number of sulfone groups is 1. The first-order valence-corrected chi connectivity index (χ1v) is 9.56. The summed E-state index contributed by atoms with van der Waals surface area (Å²) in [5, 5.41) is 4.03. The molecule has 1 aromatic heterocycles. The molecule has 0 N–H and O–H groups in total. The van der Waals surface area contributed by atoms with E-state index in [2.05, 4.69) is 29.2 Å². The first kappa shape index (κ1) is 16.4. The fourth-order valence-electron chi connectivity index (χ4n) is 2.53. The van der Waals surface area contributed by atoms with Crippen molar-refractivity contribution in [1.29, 1.82) is 0 Å². The number of aromatic nitrogens is 2. The zero-order valence-electron chi connectivity index (χ0n) is 13.6. The Bertz CT molecular complexity index is 944. The van der Waals surface area contributed by atoms with Crippen molar-refractivity contribution in [2.45, 2.75) is 24.7 Å². The lowest BCUT2D eigenvalue weighted by atomic mass is 10.0. The first-order valence-electron chi connectivity index (χ1n) is 7.67. The van der Waals surface area contributed by atoms with Gasteiger partial charge in [-0.3, -0.25) is 0 Å². The molecule has 5 nitrogen and oxygen atoms in total. The second-order valence-electron chi connectivity index (χ2n) is 5.61. The van der Waals surface area contributed by atoms with Crippen molar-refractivity contribution in [3.05, 3.63) is 65.5 Å². The number of benzene rings is 2. The van der Waals surface area contributed by atoms with Gasteiger partial charge >= 0.3 is 0 Å². The summed E-state index contributed by atoms with van der Waals surface area (Å²) < 4.78 is 28.3. The molecule has 0 atom stereocenters. The van der Waals surface area contributed by atoms with Crippen LogP contribution < -0.4 is 0 Å². The Kier molecular flexibility index (Phi) is 4.49. The van der Waals surface area contributed by atoms with Crippen LogP contribution in [0.1, 0.15) is 23.9 Å². The van der Waals surface area contributed by atoms with Crippen LogP contribution in [0.5, 0.6) is 0 Å². The molecule has 0 aliphatic heterocycles. The lowest BCUT2D eigenvalue weighted by molar-refractivity contribution is 0.424. The minimum absolute atomic E-state index is 0.267. The number of hydrogen-bond donors (Lipinski definition) is 0. The van der Waals surface area contributed by atoms with E-state index in [1.165, 1.54) is 17.4 Å². The van der Waals surface area contributed by atoms with Crippen LogP contribution in [0.3, 0.4) is 0 Å². The second-order valence-corrected chi connectivity index (χ2v) is 7.63. The normalized spacial score (nSPS) is 11.6. The Morgan fingerprint density at radius 3 is 2.29 bits per heavy atom. The van der Waals surface area contributed by atoms with Crippen LogP contribution in [-0.4, -0.2) is 24.8 Å². The van der Waals surface area contributed by atoms with Gasteiger partial charge in [-0.25, -0.2) is 8.42 Å². The predicted octanol–water partition coefficient (Wildman–Crippen LogP) is 3.29. The van der Waals surface area contributed by atoms with Gasteiger partial charge in [0.1, 0.15) is 0 Å². The fourth-order valence-corrected chi connectivity index (χ4v) is 3.16. The third-order valence-electron chi connectivity index (χ3n) is 3.85. The van der Waals surface area contributed by atoms with Crippen molar-refractivity contribution in [3.63, 3.8) is 0 Å². The molecular formula is C18H18N2O3S. The number of hydrogen-bond acceptors (Lipinski definition) is 5. The van der Waals surface area contributed by atoms with Crippen LogP contribution in [-0.2, 0) is 22.7 Å². The van der Waals surface area contributed by atoms with Crippen molar-refractivity contribution < 1.29 is 12.9 Å². The van der Waals surface area contributed by atoms with E-state index in [9.17, 15) is 8.42 Å². The Hall–Kier alpha value is -2.47. The van der Waals surface area contributed by atoms with Crippen LogP contribution in [0.15, 0.2) is 57.9 Å². The molecule has 0 fully saturated rings. The number of aryl methyl sites for hydroxylation is 1. The quantitative estimate of drug-likeness (QED) is 0.711. The van der Waals surface area contributed by atoms with E-state index in [4.69, 9.17) is 4.52 Å². The van der Waals surface area contributed by atoms with Gasteiger partial charge in [0.25, 0.3) is 5.89 Å². The van der Waals surface area contributed by atoms with Gasteiger partial charge in [0.15, 0.2) is 15.7 Å². The van der Waals surface area contributed by atoms with Crippen molar-refractivity contribution >= 4 is 9.84 Å². The maximum absolute atomic E-state index is 11.5. The van der Waals surface area contributed by atoms with Crippen molar-refractivity contribution in [3.8, 4) is 11.5 Å². The Labute approximate surface area is 141 Å². The Morgan fingerprint density at radius 2 is 1.67 bits per heavy atom. The highest BCUT2D eigenvalue weighted by atomic mass is 32.2. The van der Waals surface area contributed by atoms with Gasteiger partial charge in [0.05, 0.1) is 4.90 Å². The smallest absolute Gasteiger partial charge is 0.257 e. The van der Waals surface area contributed by atoms with Gasteiger partial charge in [0, 0.05) is 18.2 Å². The molecule has 0 amide bonds. The lowest BCUT2D eigenvalue weighted by Gasteiger charge is -2.04. The predicted molar refractivity (Wildman–Crippen MR) is 91.5 cm³/mol. The highest BCUT2D eigenvalue weighted by Gasteiger charge is 2.12. The molecule has 2 aromatic carbocycles. The van der Waals surface area contributed by atoms with Crippen molar-refractivity contribution in [2.24, 2.45) is 0 Å². The third kappa shape index (κ3) is 3.54. The van der Waals surface area contributed by atoms with E-state index in [0.717, 1.165) is 6.42 Å². The Morgan fingerprint density at radius 1 is 1.00 bits per heavy atom. The molecule has 24 heavy (non-hydrogen) atoms. The molecule has 0 saturated carbocycles. The third-order valence-corrected chi connectivity index (χ3v) is 4.97. The molecule has 0 saturated heterocycles. The summed E-state index contributed by atoms with van der Waals surface area (Å²) in [4.78, 5) is 4.68. The van der Waals surface area contributed by atoms with Gasteiger partial charge < -0.3 is 4.52 Å². The van der Waals surface area contributed by atoms with Crippen LogP contribution in [0.25, 0.3) is 11.5 Å². The monoisotopic (exact) mass is 342 g/mol. The summed E-state index contributed by atoms with van der Waals surface area (Å²) in [6.45, 7) is 2.11. The molecule has 0 radical (unpaired) electrons. The highest BCUT2D eigenvalue weighted by molar-refractivity contribution is 7.90. The van der Waals surface area contributed by atoms with Gasteiger partial charge in [0.2, 0.25) is 0 Å². The van der Waals surface area contributed by atoms with Gasteiger partial charge in [-0.1, -0.05) is 36.3 Å². The molecule has 0 unspecified atom stereocenters. The molecule has 0 aliphatic carbocycles. The molecule has 0 spiro atoms. The number of nitrogens with zero attached hydrogens (tertiary/aromatic N) is 2. The van der Waals surface area contributed by atoms with E-state index < -0.39 is 9.84 Å². The average Bonchev–Trinajstić information content (AvgIpc) is 3.03. The zero-order valence-corrected chi connectivity index (χ0v) is 14.4. The SMILES string of the molecule is CCc1ccccc1Cc1noc(-c2ccc(S(C)(=O)=O)cc2)n1. The topological polar surface area (TPSA) is 73.1 Å². The maximum Gasteiger partial charge on any atom is 0.257 e. The molecule has 3 aromatic rings. The minimum Gasteiger partial charge on any atom is -0.334 e. The summed E-state index contributed by atoms with van der Waals surface area (Å²) >= 11 is 0. The van der Waals surface area contributed by atoms with Gasteiger partial charge in [-0.05, 0) is 41.8 Å². The fraction of sp³-hybridized carbons (Fsp3) is 0.222. The maximum atomic E-state index is 11.5. The minimum atomic E-state index is -3.21. The molecular weight excluding hydrogens is 324 g/mol. The largest absolute Gasteiger partial charge is 0.334 e. The summed E-state index contributed by atoms with van der Waals surface area (Å²) in [5.41, 5.74) is 3.14. The van der Waals surface area contributed by atoms with E-state index in [1.54, 1.807) is 24.3 Å². The first-order chi connectivity index (χ1) is 11.5. The molecule has 0 bridgehead atoms. The molecule has 3 rings (SSSR count). The standard InChI is InChI=1S/C18H18N2O3S/c1-3-13-6-4-5-7-15(13)12-17-19-18(23-20-17)14-8-10-16(11-9-14)24(2,21)22/h4-11H,3,12H2,1-2H3. The molecule has 124 valence electrons. The molecule has 6 heteroatoms. The van der Waals surface area contributed by atoms with E-state index >= 15 is 0 Å². The van der Waals surface area contributed by atoms with Crippen LogP contribution in [0.4, 0.5) is 0 Å². The Balaban J connectivity index is 1.83. The lowest BCUT2D eigenvalue weighted by Crippen LogP contribution is -1.96. The van der Waals surface area contributed by atoms with Crippen molar-refractivity contribution in [2.75, 3.05) is 6.26 Å². The van der Waals surface area contributed by atoms with Crippen LogP contribution in [0, 0.1) is 0 Å². The molecule has 1 heterocycles. The van der Waals surface area contributed by atoms with E-state index in [1.807, 2.05) is 12.1 Å². The van der Waals surface area contributed by atoms with E-state index in [-0.39, 0.29) is 4.90 Å². The summed E-state index contributed by atoms with van der Waals surface area (Å²) in [6.07, 6.45) is 2.74.